The van der Waals surface area contributed by atoms with Crippen LogP contribution in [0.4, 0.5) is 0 Å². The largest absolute Gasteiger partial charge is 0.393 e. The Labute approximate surface area is 190 Å². The van der Waals surface area contributed by atoms with Gasteiger partial charge in [0.1, 0.15) is 0 Å². The molecule has 2 saturated heterocycles. The molecule has 0 spiro atoms. The minimum Gasteiger partial charge on any atom is -0.393 e. The third kappa shape index (κ3) is 3.01. The van der Waals surface area contributed by atoms with Crippen molar-refractivity contribution in [2.45, 2.75) is 96.8 Å². The van der Waals surface area contributed by atoms with Crippen LogP contribution in [-0.4, -0.2) is 53.1 Å². The average Bonchev–Trinajstić information content (AvgIpc) is 3.09. The van der Waals surface area contributed by atoms with Crippen LogP contribution in [0.25, 0.3) is 0 Å². The number of fused-ring (bicyclic) bond motifs is 8. The van der Waals surface area contributed by atoms with Crippen molar-refractivity contribution < 1.29 is 14.7 Å². The Morgan fingerprint density at radius 2 is 1.52 bits per heavy atom. The summed E-state index contributed by atoms with van der Waals surface area (Å²) in [5.41, 5.74) is 0.259. The fraction of sp³-hybridized carbons (Fsp3) is 1.00. The van der Waals surface area contributed by atoms with Crippen LogP contribution in [-0.2, 0) is 0 Å². The van der Waals surface area contributed by atoms with E-state index >= 15 is 0 Å². The van der Waals surface area contributed by atoms with Crippen LogP contribution in [0.2, 0.25) is 0 Å². The van der Waals surface area contributed by atoms with Gasteiger partial charge in [-0.05, 0) is 92.3 Å². The van der Waals surface area contributed by atoms with E-state index in [0.717, 1.165) is 79.1 Å². The van der Waals surface area contributed by atoms with Crippen LogP contribution in [0, 0.1) is 58.7 Å². The van der Waals surface area contributed by atoms with Crippen LogP contribution < -0.4 is 0 Å². The zero-order valence-electron chi connectivity index (χ0n) is 20.5. The molecule has 2 heterocycles. The van der Waals surface area contributed by atoms with Crippen LogP contribution in [0.15, 0.2) is 0 Å². The summed E-state index contributed by atoms with van der Waals surface area (Å²) in [4.78, 5) is 0. The molecule has 4 saturated carbocycles. The van der Waals surface area contributed by atoms with Gasteiger partial charge in [0, 0.05) is 24.2 Å². The Hall–Kier alpha value is -0.120. The number of quaternary nitrogens is 1. The zero-order chi connectivity index (χ0) is 21.7. The van der Waals surface area contributed by atoms with Crippen molar-refractivity contribution in [1.82, 2.24) is 0 Å². The molecule has 3 heteroatoms. The van der Waals surface area contributed by atoms with E-state index in [1.54, 1.807) is 0 Å². The van der Waals surface area contributed by atoms with Crippen LogP contribution in [0.3, 0.4) is 0 Å². The molecular formula is C28H48NO2+. The first kappa shape index (κ1) is 21.4. The first-order valence-corrected chi connectivity index (χ1v) is 13.9. The van der Waals surface area contributed by atoms with Gasteiger partial charge in [-0.2, -0.15) is 0 Å². The molecule has 0 radical (unpaired) electrons. The quantitative estimate of drug-likeness (QED) is 0.547. The van der Waals surface area contributed by atoms with Crippen molar-refractivity contribution >= 4 is 0 Å². The molecule has 0 amide bonds. The van der Waals surface area contributed by atoms with E-state index in [4.69, 9.17) is 0 Å². The molecule has 2 aliphatic heterocycles. The molecule has 0 aromatic rings. The maximum absolute atomic E-state index is 11.2. The highest BCUT2D eigenvalue weighted by molar-refractivity contribution is 5.11. The highest BCUT2D eigenvalue weighted by Gasteiger charge is 2.64. The van der Waals surface area contributed by atoms with E-state index < -0.39 is 0 Å². The highest BCUT2D eigenvalue weighted by atomic mass is 16.3. The first-order valence-electron chi connectivity index (χ1n) is 13.9. The number of hydrogen-bond acceptors (Lipinski definition) is 2. The van der Waals surface area contributed by atoms with Gasteiger partial charge in [0.15, 0.2) is 0 Å². The number of hydrogen-bond donors (Lipinski definition) is 2. The summed E-state index contributed by atoms with van der Waals surface area (Å²) < 4.78 is 1.36. The van der Waals surface area contributed by atoms with Gasteiger partial charge >= 0.3 is 0 Å². The molecular weight excluding hydrogens is 382 g/mol. The summed E-state index contributed by atoms with van der Waals surface area (Å²) in [5, 5.41) is 21.6. The van der Waals surface area contributed by atoms with E-state index in [1.807, 2.05) is 0 Å². The lowest BCUT2D eigenvalue weighted by Crippen LogP contribution is -2.67. The van der Waals surface area contributed by atoms with Gasteiger partial charge in [0.2, 0.25) is 0 Å². The number of aliphatic hydroxyl groups is 2. The lowest BCUT2D eigenvalue weighted by Gasteiger charge is -2.60. The molecule has 176 valence electrons. The zero-order valence-corrected chi connectivity index (χ0v) is 20.5. The molecule has 0 bridgehead atoms. The molecule has 0 unspecified atom stereocenters. The molecule has 2 N–H and O–H groups in total. The van der Waals surface area contributed by atoms with Crippen LogP contribution >= 0.6 is 0 Å². The van der Waals surface area contributed by atoms with Gasteiger partial charge in [0.25, 0.3) is 0 Å². The monoisotopic (exact) mass is 430 g/mol. The molecule has 3 nitrogen and oxygen atoms in total. The van der Waals surface area contributed by atoms with Gasteiger partial charge in [-0.3, -0.25) is 0 Å². The number of piperidine rings is 2. The van der Waals surface area contributed by atoms with E-state index in [2.05, 4.69) is 27.8 Å². The molecule has 31 heavy (non-hydrogen) atoms. The lowest BCUT2D eigenvalue weighted by atomic mass is 9.51. The summed E-state index contributed by atoms with van der Waals surface area (Å²) >= 11 is 0. The SMILES string of the molecule is C[C@@H]1CC[C@H]2[C@H](C)[C@H]3CC[C@@H]4[C@@H](C[C@H]5[C@H]4C[C@H](O)[C@H]4C[C@H](O)CC[C@@]45C)[C@@H]3C[N@+]2(C)C1. The average molecular weight is 431 g/mol. The van der Waals surface area contributed by atoms with Gasteiger partial charge in [-0.1, -0.05) is 20.8 Å². The Balaban J connectivity index is 1.30. The Morgan fingerprint density at radius 1 is 0.742 bits per heavy atom. The molecule has 14 atom stereocenters. The van der Waals surface area contributed by atoms with Crippen LogP contribution in [0.1, 0.15) is 78.6 Å². The number of rotatable bonds is 0. The third-order valence-electron chi connectivity index (χ3n) is 12.7. The van der Waals surface area contributed by atoms with Crippen LogP contribution in [0.5, 0.6) is 0 Å². The Morgan fingerprint density at radius 3 is 2.32 bits per heavy atom. The second-order valence-corrected chi connectivity index (χ2v) is 14.0. The lowest BCUT2D eigenvalue weighted by molar-refractivity contribution is -0.955. The van der Waals surface area contributed by atoms with Crippen molar-refractivity contribution in [3.63, 3.8) is 0 Å². The minimum atomic E-state index is -0.181. The molecule has 0 aromatic carbocycles. The molecule has 0 aromatic heterocycles. The van der Waals surface area contributed by atoms with E-state index in [1.165, 1.54) is 49.7 Å². The van der Waals surface area contributed by atoms with Crippen molar-refractivity contribution in [3.8, 4) is 0 Å². The van der Waals surface area contributed by atoms with E-state index in [-0.39, 0.29) is 17.6 Å². The van der Waals surface area contributed by atoms with Crippen molar-refractivity contribution in [2.24, 2.45) is 58.7 Å². The minimum absolute atomic E-state index is 0.181. The molecule has 6 aliphatic rings. The fourth-order valence-electron chi connectivity index (χ4n) is 11.5. The summed E-state index contributed by atoms with van der Waals surface area (Å²) in [5.74, 6) is 7.28. The van der Waals surface area contributed by atoms with Crippen molar-refractivity contribution in [1.29, 1.82) is 0 Å². The van der Waals surface area contributed by atoms with Crippen molar-refractivity contribution in [3.05, 3.63) is 0 Å². The molecule has 6 rings (SSSR count). The Bertz CT molecular complexity index is 711. The van der Waals surface area contributed by atoms with Gasteiger partial charge in [0.05, 0.1) is 38.4 Å². The number of aliphatic hydroxyl groups excluding tert-OH is 2. The second kappa shape index (κ2) is 7.19. The van der Waals surface area contributed by atoms with Gasteiger partial charge < -0.3 is 14.7 Å². The summed E-state index contributed by atoms with van der Waals surface area (Å²) in [6, 6.07) is 0.904. The van der Waals surface area contributed by atoms with Gasteiger partial charge in [-0.15, -0.1) is 0 Å². The molecule has 4 aliphatic carbocycles. The molecule has 6 fully saturated rings. The first-order chi connectivity index (χ1) is 14.7. The summed E-state index contributed by atoms with van der Waals surface area (Å²) in [7, 11) is 2.61. The predicted octanol–water partition coefficient (Wildman–Crippen LogP) is 4.71. The summed E-state index contributed by atoms with van der Waals surface area (Å²) in [6.07, 6.45) is 10.8. The van der Waals surface area contributed by atoms with Gasteiger partial charge in [-0.25, -0.2) is 0 Å². The standard InChI is InChI=1S/C28H48NO2/c1-16-5-8-26-17(2)19-6-7-20-21(23(19)15-29(26,4)14-16)12-24-22(20)13-27(31)25-11-18(30)9-10-28(24,25)3/h16-27,30-31H,5-15H2,1-4H3/q+1/t16-,17-,18-,19-,20-,21-,22+,23-,24+,25-,26+,27+,28-,29+/m1/s1. The van der Waals surface area contributed by atoms with E-state index in [9.17, 15) is 10.2 Å². The number of nitrogens with zero attached hydrogens (tertiary/aromatic N) is 1. The smallest absolute Gasteiger partial charge is 0.0917 e. The van der Waals surface area contributed by atoms with Crippen molar-refractivity contribution in [2.75, 3.05) is 20.1 Å². The second-order valence-electron chi connectivity index (χ2n) is 14.0. The summed E-state index contributed by atoms with van der Waals surface area (Å²) in [6.45, 7) is 10.5. The third-order valence-corrected chi connectivity index (χ3v) is 12.7. The predicted molar refractivity (Wildman–Crippen MR) is 124 cm³/mol. The fourth-order valence-corrected chi connectivity index (χ4v) is 11.5. The topological polar surface area (TPSA) is 40.5 Å². The maximum Gasteiger partial charge on any atom is 0.0917 e. The highest BCUT2D eigenvalue weighted by Crippen LogP contribution is 2.67. The van der Waals surface area contributed by atoms with E-state index in [0.29, 0.717) is 5.92 Å². The normalized spacial score (nSPS) is 63.3. The maximum atomic E-state index is 11.2. The Kier molecular flexibility index (Phi) is 4.97.